The zero-order valence-electron chi connectivity index (χ0n) is 15.6. The highest BCUT2D eigenvalue weighted by atomic mass is 32.2. The molecule has 2 N–H and O–H groups in total. The van der Waals surface area contributed by atoms with Crippen molar-refractivity contribution in [2.75, 3.05) is 13.1 Å². The summed E-state index contributed by atoms with van der Waals surface area (Å²) < 4.78 is 26.3. The summed E-state index contributed by atoms with van der Waals surface area (Å²) in [5.74, 6) is 0.00577. The average molecular weight is 383 g/mol. The third kappa shape index (κ3) is 5.53. The summed E-state index contributed by atoms with van der Waals surface area (Å²) >= 11 is 0. The molecule has 0 spiro atoms. The van der Waals surface area contributed by atoms with E-state index in [-0.39, 0.29) is 22.9 Å². The largest absolute Gasteiger partial charge is 0.393 e. The second kappa shape index (κ2) is 9.48. The molecule has 1 fully saturated rings. The number of benzene rings is 1. The SMILES string of the molecule is CCN(CC)S(=O)(=O)c1ccc(CCC(=O)NC2CCC(O)CC2)cc1. The molecular formula is C19H30N2O4S. The van der Waals surface area contributed by atoms with E-state index >= 15 is 0 Å². The molecule has 146 valence electrons. The number of nitrogens with one attached hydrogen (secondary N) is 1. The predicted octanol–water partition coefficient (Wildman–Crippen LogP) is 2.07. The summed E-state index contributed by atoms with van der Waals surface area (Å²) in [6, 6.07) is 6.95. The summed E-state index contributed by atoms with van der Waals surface area (Å²) in [5, 5.41) is 12.5. The van der Waals surface area contributed by atoms with Crippen molar-refractivity contribution >= 4 is 15.9 Å². The second-order valence-electron chi connectivity index (χ2n) is 6.81. The van der Waals surface area contributed by atoms with Gasteiger partial charge >= 0.3 is 0 Å². The van der Waals surface area contributed by atoms with Crippen LogP contribution in [0, 0.1) is 0 Å². The molecule has 0 atom stereocenters. The number of rotatable bonds is 8. The lowest BCUT2D eigenvalue weighted by Crippen LogP contribution is -2.38. The maximum Gasteiger partial charge on any atom is 0.243 e. The minimum absolute atomic E-state index is 0.00577. The van der Waals surface area contributed by atoms with Gasteiger partial charge in [-0.15, -0.1) is 0 Å². The number of amides is 1. The Morgan fingerprint density at radius 1 is 1.12 bits per heavy atom. The molecule has 1 amide bonds. The van der Waals surface area contributed by atoms with Gasteiger partial charge < -0.3 is 10.4 Å². The highest BCUT2D eigenvalue weighted by Crippen LogP contribution is 2.19. The predicted molar refractivity (Wildman–Crippen MR) is 101 cm³/mol. The minimum atomic E-state index is -3.44. The first kappa shape index (κ1) is 20.9. The van der Waals surface area contributed by atoms with Gasteiger partial charge in [0.05, 0.1) is 11.0 Å². The fourth-order valence-electron chi connectivity index (χ4n) is 3.32. The third-order valence-electron chi connectivity index (χ3n) is 4.97. The number of aliphatic hydroxyl groups excluding tert-OH is 1. The van der Waals surface area contributed by atoms with Crippen molar-refractivity contribution in [1.82, 2.24) is 9.62 Å². The van der Waals surface area contributed by atoms with Crippen molar-refractivity contribution in [1.29, 1.82) is 0 Å². The lowest BCUT2D eigenvalue weighted by molar-refractivity contribution is -0.122. The van der Waals surface area contributed by atoms with Crippen LogP contribution in [0.3, 0.4) is 0 Å². The molecule has 0 heterocycles. The zero-order chi connectivity index (χ0) is 19.2. The zero-order valence-corrected chi connectivity index (χ0v) is 16.5. The van der Waals surface area contributed by atoms with Crippen molar-refractivity contribution in [3.8, 4) is 0 Å². The Morgan fingerprint density at radius 2 is 1.69 bits per heavy atom. The van der Waals surface area contributed by atoms with Gasteiger partial charge in [0.15, 0.2) is 0 Å². The molecule has 1 aliphatic carbocycles. The third-order valence-corrected chi connectivity index (χ3v) is 7.03. The van der Waals surface area contributed by atoms with E-state index in [0.29, 0.717) is 25.9 Å². The lowest BCUT2D eigenvalue weighted by atomic mass is 9.93. The smallest absolute Gasteiger partial charge is 0.243 e. The van der Waals surface area contributed by atoms with Crippen LogP contribution in [-0.2, 0) is 21.2 Å². The average Bonchev–Trinajstić information content (AvgIpc) is 2.63. The standard InChI is InChI=1S/C19H30N2O4S/c1-3-21(4-2)26(24,25)18-12-5-15(6-13-18)7-14-19(23)20-16-8-10-17(22)11-9-16/h5-6,12-13,16-17,22H,3-4,7-11,14H2,1-2H3,(H,20,23). The van der Waals surface area contributed by atoms with E-state index in [0.717, 1.165) is 31.2 Å². The van der Waals surface area contributed by atoms with Gasteiger partial charge in [-0.05, 0) is 49.8 Å². The van der Waals surface area contributed by atoms with Crippen LogP contribution >= 0.6 is 0 Å². The van der Waals surface area contributed by atoms with E-state index in [9.17, 15) is 18.3 Å². The van der Waals surface area contributed by atoms with Crippen molar-refractivity contribution < 1.29 is 18.3 Å². The number of sulfonamides is 1. The Bertz CT molecular complexity index is 676. The first-order valence-corrected chi connectivity index (χ1v) is 10.9. The summed E-state index contributed by atoms with van der Waals surface area (Å²) in [7, 11) is -3.44. The minimum Gasteiger partial charge on any atom is -0.393 e. The number of hydrogen-bond acceptors (Lipinski definition) is 4. The second-order valence-corrected chi connectivity index (χ2v) is 8.74. The number of carbonyl (C=O) groups excluding carboxylic acids is 1. The normalized spacial score (nSPS) is 20.9. The van der Waals surface area contributed by atoms with E-state index in [1.54, 1.807) is 24.3 Å². The van der Waals surface area contributed by atoms with E-state index < -0.39 is 10.0 Å². The number of aliphatic hydroxyl groups is 1. The van der Waals surface area contributed by atoms with Gasteiger partial charge in [0, 0.05) is 25.6 Å². The van der Waals surface area contributed by atoms with Crippen LogP contribution in [0.1, 0.15) is 51.5 Å². The van der Waals surface area contributed by atoms with E-state index in [1.165, 1.54) is 4.31 Å². The first-order valence-electron chi connectivity index (χ1n) is 9.43. The van der Waals surface area contributed by atoms with Gasteiger partial charge in [-0.25, -0.2) is 8.42 Å². The molecule has 1 aliphatic rings. The van der Waals surface area contributed by atoms with Crippen LogP contribution in [0.15, 0.2) is 29.2 Å². The number of carbonyl (C=O) groups is 1. The number of hydrogen-bond donors (Lipinski definition) is 2. The summed E-state index contributed by atoms with van der Waals surface area (Å²) in [4.78, 5) is 12.4. The van der Waals surface area contributed by atoms with Crippen LogP contribution in [0.2, 0.25) is 0 Å². The Balaban J connectivity index is 1.86. The molecule has 1 saturated carbocycles. The maximum absolute atomic E-state index is 12.5. The van der Waals surface area contributed by atoms with E-state index in [4.69, 9.17) is 0 Å². The van der Waals surface area contributed by atoms with Crippen LogP contribution in [0.5, 0.6) is 0 Å². The van der Waals surface area contributed by atoms with Gasteiger partial charge in [-0.2, -0.15) is 4.31 Å². The molecule has 6 nitrogen and oxygen atoms in total. The van der Waals surface area contributed by atoms with Crippen molar-refractivity contribution in [3.63, 3.8) is 0 Å². The van der Waals surface area contributed by atoms with Crippen LogP contribution < -0.4 is 5.32 Å². The molecule has 2 rings (SSSR count). The van der Waals surface area contributed by atoms with Crippen molar-refractivity contribution in [2.45, 2.75) is 69.4 Å². The van der Waals surface area contributed by atoms with E-state index in [2.05, 4.69) is 5.32 Å². The van der Waals surface area contributed by atoms with Crippen LogP contribution in [0.4, 0.5) is 0 Å². The highest BCUT2D eigenvalue weighted by Gasteiger charge is 2.22. The molecule has 1 aromatic carbocycles. The molecule has 0 aliphatic heterocycles. The highest BCUT2D eigenvalue weighted by molar-refractivity contribution is 7.89. The monoisotopic (exact) mass is 382 g/mol. The van der Waals surface area contributed by atoms with Crippen LogP contribution in [-0.4, -0.2) is 49.0 Å². The van der Waals surface area contributed by atoms with Gasteiger partial charge in [0.25, 0.3) is 0 Å². The Kier molecular flexibility index (Phi) is 7.61. The molecule has 0 bridgehead atoms. The molecule has 0 saturated heterocycles. The fourth-order valence-corrected chi connectivity index (χ4v) is 4.78. The summed E-state index contributed by atoms with van der Waals surface area (Å²) in [6.45, 7) is 4.53. The molecule has 26 heavy (non-hydrogen) atoms. The lowest BCUT2D eigenvalue weighted by Gasteiger charge is -2.26. The Labute approximate surface area is 156 Å². The van der Waals surface area contributed by atoms with Crippen LogP contribution in [0.25, 0.3) is 0 Å². The maximum atomic E-state index is 12.5. The quantitative estimate of drug-likeness (QED) is 0.721. The molecular weight excluding hydrogens is 352 g/mol. The fraction of sp³-hybridized carbons (Fsp3) is 0.632. The van der Waals surface area contributed by atoms with Gasteiger partial charge in [0.1, 0.15) is 0 Å². The summed E-state index contributed by atoms with van der Waals surface area (Å²) in [6.07, 6.45) is 3.86. The molecule has 0 unspecified atom stereocenters. The molecule has 0 radical (unpaired) electrons. The van der Waals surface area contributed by atoms with Gasteiger partial charge in [0.2, 0.25) is 15.9 Å². The molecule has 7 heteroatoms. The van der Waals surface area contributed by atoms with Crippen molar-refractivity contribution in [2.24, 2.45) is 0 Å². The number of nitrogens with zero attached hydrogens (tertiary/aromatic N) is 1. The Morgan fingerprint density at radius 3 is 2.23 bits per heavy atom. The van der Waals surface area contributed by atoms with Crippen molar-refractivity contribution in [3.05, 3.63) is 29.8 Å². The first-order chi connectivity index (χ1) is 12.4. The molecule has 1 aromatic rings. The van der Waals surface area contributed by atoms with E-state index in [1.807, 2.05) is 13.8 Å². The summed E-state index contributed by atoms with van der Waals surface area (Å²) in [5.41, 5.74) is 0.942. The Hall–Kier alpha value is -1.44. The topological polar surface area (TPSA) is 86.7 Å². The van der Waals surface area contributed by atoms with Gasteiger partial charge in [-0.3, -0.25) is 4.79 Å². The van der Waals surface area contributed by atoms with Gasteiger partial charge in [-0.1, -0.05) is 26.0 Å². The molecule has 0 aromatic heterocycles. The number of aryl methyl sites for hydroxylation is 1.